The van der Waals surface area contributed by atoms with Crippen molar-refractivity contribution in [3.05, 3.63) is 88.5 Å². The van der Waals surface area contributed by atoms with Crippen molar-refractivity contribution in [1.29, 1.82) is 0 Å². The quantitative estimate of drug-likeness (QED) is 0.0825. The number of hydrogen-bond donors (Lipinski definition) is 1. The lowest BCUT2D eigenvalue weighted by atomic mass is 9.95. The summed E-state index contributed by atoms with van der Waals surface area (Å²) in [4.78, 5) is 33.1. The highest BCUT2D eigenvalue weighted by molar-refractivity contribution is 7.22. The molecule has 9 heteroatoms. The zero-order valence-corrected chi connectivity index (χ0v) is 24.5. The normalized spacial score (nSPS) is 16.5. The van der Waals surface area contributed by atoms with Gasteiger partial charge >= 0.3 is 5.91 Å². The lowest BCUT2D eigenvalue weighted by molar-refractivity contribution is -0.132. The number of ketones is 1. The Hall–Kier alpha value is -3.88. The van der Waals surface area contributed by atoms with Gasteiger partial charge in [-0.3, -0.25) is 14.5 Å². The Balaban J connectivity index is 1.57. The molecule has 0 bridgehead atoms. The lowest BCUT2D eigenvalue weighted by Crippen LogP contribution is -2.29. The highest BCUT2D eigenvalue weighted by atomic mass is 35.5. The van der Waals surface area contributed by atoms with Gasteiger partial charge in [0.2, 0.25) is 0 Å². The van der Waals surface area contributed by atoms with E-state index in [9.17, 15) is 14.7 Å². The Morgan fingerprint density at radius 1 is 0.927 bits per heavy atom. The van der Waals surface area contributed by atoms with Gasteiger partial charge in [-0.2, -0.15) is 0 Å². The van der Waals surface area contributed by atoms with E-state index in [2.05, 4.69) is 11.9 Å². The molecule has 0 spiro atoms. The molecule has 0 saturated carbocycles. The summed E-state index contributed by atoms with van der Waals surface area (Å²) in [5.41, 5.74) is 1.70. The number of amides is 1. The van der Waals surface area contributed by atoms with Gasteiger partial charge < -0.3 is 14.6 Å². The first-order chi connectivity index (χ1) is 19.9. The van der Waals surface area contributed by atoms with Gasteiger partial charge in [0.1, 0.15) is 17.3 Å². The Kier molecular flexibility index (Phi) is 8.90. The van der Waals surface area contributed by atoms with Crippen LogP contribution in [0.15, 0.2) is 72.3 Å². The van der Waals surface area contributed by atoms with Gasteiger partial charge in [0.05, 0.1) is 35.0 Å². The second-order valence-electron chi connectivity index (χ2n) is 9.78. The minimum atomic E-state index is -0.892. The average molecular weight is 591 g/mol. The number of aromatic nitrogens is 1. The summed E-state index contributed by atoms with van der Waals surface area (Å²) in [6, 6.07) is 18.5. The topological polar surface area (TPSA) is 89.0 Å². The number of ether oxygens (including phenoxy) is 2. The van der Waals surface area contributed by atoms with E-state index in [4.69, 9.17) is 21.1 Å². The van der Waals surface area contributed by atoms with Crippen LogP contribution in [-0.2, 0) is 9.59 Å². The fourth-order valence-electron chi connectivity index (χ4n) is 4.71. The molecule has 212 valence electrons. The van der Waals surface area contributed by atoms with E-state index < -0.39 is 17.7 Å². The number of aliphatic hydroxyl groups is 1. The number of carbonyl (C=O) groups excluding carboxylic acids is 2. The van der Waals surface area contributed by atoms with E-state index in [1.165, 1.54) is 16.2 Å². The standard InChI is InChI=1S/C32H31ClN2O5S/c1-3-5-6-18-40-24-12-7-20(8-13-24)28-27(29(36)21-9-14-23(15-10-21)39-17-4-2)30(37)31(38)35(28)32-34-25-16-11-22(33)19-26(25)41-32/h7-16,19,28,36H,3-6,17-18H2,1-2H3. The average Bonchev–Trinajstić information content (AvgIpc) is 3.51. The van der Waals surface area contributed by atoms with Crippen molar-refractivity contribution < 1.29 is 24.2 Å². The molecule has 1 aromatic heterocycles. The second kappa shape index (κ2) is 12.7. The van der Waals surface area contributed by atoms with Crippen LogP contribution >= 0.6 is 22.9 Å². The van der Waals surface area contributed by atoms with Crippen LogP contribution in [0.25, 0.3) is 16.0 Å². The van der Waals surface area contributed by atoms with Crippen LogP contribution in [0.1, 0.15) is 56.7 Å². The van der Waals surface area contributed by atoms with Gasteiger partial charge in [-0.05, 0) is 73.0 Å². The molecule has 0 radical (unpaired) electrons. The number of unbranched alkanes of at least 4 members (excludes halogenated alkanes) is 2. The molecule has 0 aliphatic carbocycles. The van der Waals surface area contributed by atoms with E-state index in [1.807, 2.05) is 31.2 Å². The van der Waals surface area contributed by atoms with Crippen LogP contribution < -0.4 is 14.4 Å². The maximum absolute atomic E-state index is 13.5. The van der Waals surface area contributed by atoms with E-state index in [0.29, 0.717) is 51.5 Å². The van der Waals surface area contributed by atoms with Crippen molar-refractivity contribution in [1.82, 2.24) is 4.98 Å². The molecule has 1 saturated heterocycles. The largest absolute Gasteiger partial charge is 0.507 e. The summed E-state index contributed by atoms with van der Waals surface area (Å²) in [5.74, 6) is -0.454. The Bertz CT molecular complexity index is 1580. The number of aliphatic hydroxyl groups excluding tert-OH is 1. The minimum Gasteiger partial charge on any atom is -0.507 e. The van der Waals surface area contributed by atoms with Gasteiger partial charge in [0.25, 0.3) is 5.78 Å². The zero-order valence-electron chi connectivity index (χ0n) is 22.9. The third-order valence-electron chi connectivity index (χ3n) is 6.80. The molecule has 1 atom stereocenters. The van der Waals surface area contributed by atoms with E-state index in [-0.39, 0.29) is 11.3 Å². The first kappa shape index (κ1) is 28.6. The third-order valence-corrected chi connectivity index (χ3v) is 8.06. The molecular weight excluding hydrogens is 560 g/mol. The number of thiazole rings is 1. The maximum atomic E-state index is 13.5. The second-order valence-corrected chi connectivity index (χ2v) is 11.2. The molecule has 1 amide bonds. The summed E-state index contributed by atoms with van der Waals surface area (Å²) in [7, 11) is 0. The molecule has 41 heavy (non-hydrogen) atoms. The van der Waals surface area contributed by atoms with Crippen molar-refractivity contribution in [3.63, 3.8) is 0 Å². The Morgan fingerprint density at radius 3 is 2.29 bits per heavy atom. The summed E-state index contributed by atoms with van der Waals surface area (Å²) in [6.45, 7) is 5.34. The number of fused-ring (bicyclic) bond motifs is 1. The van der Waals surface area contributed by atoms with Crippen LogP contribution in [0.4, 0.5) is 5.13 Å². The lowest BCUT2D eigenvalue weighted by Gasteiger charge is -2.23. The van der Waals surface area contributed by atoms with Gasteiger partial charge in [-0.25, -0.2) is 4.98 Å². The summed E-state index contributed by atoms with van der Waals surface area (Å²) < 4.78 is 12.3. The predicted molar refractivity (Wildman–Crippen MR) is 163 cm³/mol. The number of halogens is 1. The number of nitrogens with zero attached hydrogens (tertiary/aromatic N) is 2. The summed E-state index contributed by atoms with van der Waals surface area (Å²) in [6.07, 6.45) is 4.02. The Labute approximate surface area is 248 Å². The van der Waals surface area contributed by atoms with Crippen LogP contribution in [0.5, 0.6) is 11.5 Å². The Morgan fingerprint density at radius 2 is 1.61 bits per heavy atom. The molecule has 1 aliphatic heterocycles. The van der Waals surface area contributed by atoms with Crippen molar-refractivity contribution in [2.75, 3.05) is 18.1 Å². The molecule has 1 N–H and O–H groups in total. The molecule has 7 nitrogen and oxygen atoms in total. The first-order valence-electron chi connectivity index (χ1n) is 13.7. The summed E-state index contributed by atoms with van der Waals surface area (Å²) >= 11 is 7.45. The van der Waals surface area contributed by atoms with E-state index in [1.54, 1.807) is 42.5 Å². The van der Waals surface area contributed by atoms with Gasteiger partial charge in [-0.15, -0.1) is 0 Å². The molecule has 1 unspecified atom stereocenters. The van der Waals surface area contributed by atoms with E-state index in [0.717, 1.165) is 30.4 Å². The van der Waals surface area contributed by atoms with Crippen LogP contribution in [0, 0.1) is 0 Å². The number of rotatable bonds is 11. The molecule has 1 fully saturated rings. The number of benzene rings is 3. The molecule has 5 rings (SSSR count). The smallest absolute Gasteiger partial charge is 0.301 e. The molecule has 2 heterocycles. The first-order valence-corrected chi connectivity index (χ1v) is 14.9. The third kappa shape index (κ3) is 6.09. The molecule has 3 aromatic carbocycles. The van der Waals surface area contributed by atoms with Gasteiger partial charge in [-0.1, -0.05) is 61.8 Å². The number of Topliss-reactive ketones (excluding diaryl/α,β-unsaturated/α-hetero) is 1. The highest BCUT2D eigenvalue weighted by Gasteiger charge is 2.48. The van der Waals surface area contributed by atoms with E-state index >= 15 is 0 Å². The number of carbonyl (C=O) groups is 2. The number of anilines is 1. The van der Waals surface area contributed by atoms with Crippen LogP contribution in [0.3, 0.4) is 0 Å². The summed E-state index contributed by atoms with van der Waals surface area (Å²) in [5, 5.41) is 12.3. The van der Waals surface area contributed by atoms with Gasteiger partial charge in [0, 0.05) is 10.6 Å². The fourth-order valence-corrected chi connectivity index (χ4v) is 5.98. The SMILES string of the molecule is CCCCCOc1ccc(C2C(=C(O)c3ccc(OCCC)cc3)C(=O)C(=O)N2c2nc3ccc(Cl)cc3s2)cc1. The fraction of sp³-hybridized carbons (Fsp3) is 0.281. The van der Waals surface area contributed by atoms with Crippen molar-refractivity contribution in [2.45, 2.75) is 45.6 Å². The van der Waals surface area contributed by atoms with Gasteiger partial charge in [0.15, 0.2) is 5.13 Å². The monoisotopic (exact) mass is 590 g/mol. The van der Waals surface area contributed by atoms with Crippen LogP contribution in [0.2, 0.25) is 5.02 Å². The maximum Gasteiger partial charge on any atom is 0.301 e. The van der Waals surface area contributed by atoms with Crippen molar-refractivity contribution in [3.8, 4) is 11.5 Å². The highest BCUT2D eigenvalue weighted by Crippen LogP contribution is 2.45. The predicted octanol–water partition coefficient (Wildman–Crippen LogP) is 7.93. The van der Waals surface area contributed by atoms with Crippen molar-refractivity contribution >= 4 is 55.7 Å². The zero-order chi connectivity index (χ0) is 28.9. The van der Waals surface area contributed by atoms with Crippen molar-refractivity contribution in [2.24, 2.45) is 0 Å². The molecule has 1 aliphatic rings. The van der Waals surface area contributed by atoms with Crippen LogP contribution in [-0.4, -0.2) is 35.0 Å². The minimum absolute atomic E-state index is 0.00821. The molecular formula is C32H31ClN2O5S. The molecule has 4 aromatic rings. The number of hydrogen-bond acceptors (Lipinski definition) is 7.